The van der Waals surface area contributed by atoms with E-state index < -0.39 is 0 Å². The number of benzene rings is 2. The van der Waals surface area contributed by atoms with E-state index in [1.807, 2.05) is 0 Å². The van der Waals surface area contributed by atoms with E-state index in [1.165, 1.54) is 53.5 Å². The highest BCUT2D eigenvalue weighted by Gasteiger charge is 2.19. The molecule has 0 amide bonds. The van der Waals surface area contributed by atoms with Crippen molar-refractivity contribution in [2.45, 2.75) is 38.6 Å². The third kappa shape index (κ3) is 2.99. The Hall–Kier alpha value is -2.06. The molecule has 1 fully saturated rings. The zero-order valence-corrected chi connectivity index (χ0v) is 14.5. The van der Waals surface area contributed by atoms with Gasteiger partial charge in [-0.25, -0.2) is 0 Å². The van der Waals surface area contributed by atoms with Crippen LogP contribution in [0.4, 0.5) is 0 Å². The molecule has 0 radical (unpaired) electrons. The summed E-state index contributed by atoms with van der Waals surface area (Å²) >= 11 is 0. The van der Waals surface area contributed by atoms with Gasteiger partial charge in [0, 0.05) is 29.2 Å². The van der Waals surface area contributed by atoms with Crippen LogP contribution in [0.2, 0.25) is 0 Å². The van der Waals surface area contributed by atoms with Crippen molar-refractivity contribution in [1.82, 2.24) is 9.88 Å². The number of hydrogen-bond donors (Lipinski definition) is 1. The number of likely N-dealkylation sites (tertiary alicyclic amines) is 1. The summed E-state index contributed by atoms with van der Waals surface area (Å²) in [4.78, 5) is 6.33. The van der Waals surface area contributed by atoms with Crippen molar-refractivity contribution in [2.24, 2.45) is 0 Å². The smallest absolute Gasteiger partial charge is 0.0497 e. The van der Waals surface area contributed by atoms with Gasteiger partial charge in [-0.1, -0.05) is 55.0 Å². The summed E-state index contributed by atoms with van der Waals surface area (Å²) in [5.74, 6) is 0. The Bertz CT molecular complexity index is 803. The van der Waals surface area contributed by atoms with Gasteiger partial charge in [0.1, 0.15) is 0 Å². The Labute approximate surface area is 144 Å². The molecule has 1 aliphatic rings. The van der Waals surface area contributed by atoms with Crippen LogP contribution in [0.25, 0.3) is 22.2 Å². The number of hydrogen-bond acceptors (Lipinski definition) is 1. The number of para-hydroxylation sites is 1. The first-order valence-corrected chi connectivity index (χ1v) is 9.22. The van der Waals surface area contributed by atoms with Crippen molar-refractivity contribution in [3.05, 3.63) is 60.2 Å². The molecule has 0 spiro atoms. The van der Waals surface area contributed by atoms with Gasteiger partial charge in [0.15, 0.2) is 0 Å². The van der Waals surface area contributed by atoms with Crippen molar-refractivity contribution < 1.29 is 0 Å². The van der Waals surface area contributed by atoms with Gasteiger partial charge >= 0.3 is 0 Å². The van der Waals surface area contributed by atoms with E-state index in [4.69, 9.17) is 0 Å². The standard InChI is InChI=1S/C22H26N2/c1-17-9-7-8-15-24(17)16-14-20-19-12-5-6-13-21(19)23-22(20)18-10-3-2-4-11-18/h2-6,10-13,17,23H,7-9,14-16H2,1H3/t17-/m0/s1. The molecule has 3 aromatic rings. The number of H-pyrrole nitrogens is 1. The van der Waals surface area contributed by atoms with Crippen LogP contribution in [-0.2, 0) is 6.42 Å². The number of piperidine rings is 1. The Morgan fingerprint density at radius 1 is 1.00 bits per heavy atom. The normalized spacial score (nSPS) is 19.0. The number of aromatic nitrogens is 1. The van der Waals surface area contributed by atoms with E-state index in [2.05, 4.69) is 71.4 Å². The van der Waals surface area contributed by atoms with Gasteiger partial charge in [0.05, 0.1) is 0 Å². The molecule has 0 aliphatic carbocycles. The first-order valence-electron chi connectivity index (χ1n) is 9.22. The van der Waals surface area contributed by atoms with Crippen LogP contribution in [-0.4, -0.2) is 29.0 Å². The Balaban J connectivity index is 1.67. The minimum atomic E-state index is 0.726. The minimum absolute atomic E-state index is 0.726. The number of nitrogens with one attached hydrogen (secondary N) is 1. The zero-order chi connectivity index (χ0) is 16.4. The highest BCUT2D eigenvalue weighted by molar-refractivity contribution is 5.90. The SMILES string of the molecule is C[C@H]1CCCCN1CCc1c(-c2ccccc2)[nH]c2ccccc12. The summed E-state index contributed by atoms with van der Waals surface area (Å²) in [6.45, 7) is 4.79. The minimum Gasteiger partial charge on any atom is -0.354 e. The van der Waals surface area contributed by atoms with Crippen LogP contribution in [0.5, 0.6) is 0 Å². The van der Waals surface area contributed by atoms with Crippen molar-refractivity contribution in [3.8, 4) is 11.3 Å². The number of aromatic amines is 1. The molecule has 0 saturated carbocycles. The van der Waals surface area contributed by atoms with E-state index in [1.54, 1.807) is 0 Å². The van der Waals surface area contributed by atoms with Crippen molar-refractivity contribution >= 4 is 10.9 Å². The highest BCUT2D eigenvalue weighted by atomic mass is 15.2. The van der Waals surface area contributed by atoms with Crippen molar-refractivity contribution in [2.75, 3.05) is 13.1 Å². The number of rotatable bonds is 4. The molecule has 4 rings (SSSR count). The van der Waals surface area contributed by atoms with Crippen LogP contribution in [0.1, 0.15) is 31.7 Å². The summed E-state index contributed by atoms with van der Waals surface area (Å²) in [6.07, 6.45) is 5.20. The van der Waals surface area contributed by atoms with Gasteiger partial charge < -0.3 is 9.88 Å². The molecular weight excluding hydrogens is 292 g/mol. The van der Waals surface area contributed by atoms with Crippen LogP contribution in [0, 0.1) is 0 Å². The fourth-order valence-corrected chi connectivity index (χ4v) is 4.06. The highest BCUT2D eigenvalue weighted by Crippen LogP contribution is 2.31. The molecule has 1 aliphatic heterocycles. The average molecular weight is 318 g/mol. The molecule has 1 atom stereocenters. The lowest BCUT2D eigenvalue weighted by Crippen LogP contribution is -2.38. The van der Waals surface area contributed by atoms with Gasteiger partial charge in [-0.15, -0.1) is 0 Å². The molecule has 2 aromatic carbocycles. The Morgan fingerprint density at radius 2 is 1.79 bits per heavy atom. The van der Waals surface area contributed by atoms with Gasteiger partial charge in [-0.3, -0.25) is 0 Å². The van der Waals surface area contributed by atoms with E-state index >= 15 is 0 Å². The number of fused-ring (bicyclic) bond motifs is 1. The van der Waals surface area contributed by atoms with E-state index in [0.717, 1.165) is 19.0 Å². The van der Waals surface area contributed by atoms with Crippen molar-refractivity contribution in [3.63, 3.8) is 0 Å². The summed E-state index contributed by atoms with van der Waals surface area (Å²) < 4.78 is 0. The molecule has 1 aromatic heterocycles. The predicted molar refractivity (Wildman–Crippen MR) is 102 cm³/mol. The van der Waals surface area contributed by atoms with Gasteiger partial charge in [0.2, 0.25) is 0 Å². The Kier molecular flexibility index (Phi) is 4.40. The first-order chi connectivity index (χ1) is 11.8. The fraction of sp³-hybridized carbons (Fsp3) is 0.364. The molecule has 0 bridgehead atoms. The maximum Gasteiger partial charge on any atom is 0.0497 e. The molecule has 2 heterocycles. The second kappa shape index (κ2) is 6.82. The zero-order valence-electron chi connectivity index (χ0n) is 14.5. The van der Waals surface area contributed by atoms with Crippen LogP contribution in [0.3, 0.4) is 0 Å². The van der Waals surface area contributed by atoms with Crippen molar-refractivity contribution in [1.29, 1.82) is 0 Å². The molecule has 24 heavy (non-hydrogen) atoms. The summed E-state index contributed by atoms with van der Waals surface area (Å²) in [5.41, 5.74) is 5.30. The maximum atomic E-state index is 3.66. The fourth-order valence-electron chi connectivity index (χ4n) is 4.06. The van der Waals surface area contributed by atoms with Gasteiger partial charge in [0.25, 0.3) is 0 Å². The van der Waals surface area contributed by atoms with Crippen LogP contribution < -0.4 is 0 Å². The molecule has 0 unspecified atom stereocenters. The van der Waals surface area contributed by atoms with Crippen LogP contribution >= 0.6 is 0 Å². The topological polar surface area (TPSA) is 19.0 Å². The molecule has 2 heteroatoms. The summed E-state index contributed by atoms with van der Waals surface area (Å²) in [5, 5.41) is 1.38. The predicted octanol–water partition coefficient (Wildman–Crippen LogP) is 5.25. The van der Waals surface area contributed by atoms with E-state index in [9.17, 15) is 0 Å². The summed E-state index contributed by atoms with van der Waals surface area (Å²) in [7, 11) is 0. The lowest BCUT2D eigenvalue weighted by atomic mass is 10.00. The van der Waals surface area contributed by atoms with Crippen LogP contribution in [0.15, 0.2) is 54.6 Å². The lowest BCUT2D eigenvalue weighted by Gasteiger charge is -2.33. The average Bonchev–Trinajstić information content (AvgIpc) is 3.00. The largest absolute Gasteiger partial charge is 0.354 e. The van der Waals surface area contributed by atoms with E-state index in [-0.39, 0.29) is 0 Å². The second-order valence-electron chi connectivity index (χ2n) is 7.02. The lowest BCUT2D eigenvalue weighted by molar-refractivity contribution is 0.163. The monoisotopic (exact) mass is 318 g/mol. The third-order valence-electron chi connectivity index (χ3n) is 5.47. The summed E-state index contributed by atoms with van der Waals surface area (Å²) in [6, 6.07) is 20.2. The molecular formula is C22H26N2. The first kappa shape index (κ1) is 15.5. The molecule has 1 N–H and O–H groups in total. The number of nitrogens with zero attached hydrogens (tertiary/aromatic N) is 1. The van der Waals surface area contributed by atoms with Gasteiger partial charge in [-0.05, 0) is 49.9 Å². The van der Waals surface area contributed by atoms with Gasteiger partial charge in [-0.2, -0.15) is 0 Å². The maximum absolute atomic E-state index is 3.66. The Morgan fingerprint density at radius 3 is 2.62 bits per heavy atom. The second-order valence-corrected chi connectivity index (χ2v) is 7.02. The van der Waals surface area contributed by atoms with E-state index in [0.29, 0.717) is 0 Å². The quantitative estimate of drug-likeness (QED) is 0.696. The molecule has 1 saturated heterocycles. The third-order valence-corrected chi connectivity index (χ3v) is 5.47. The molecule has 124 valence electrons. The molecule has 2 nitrogen and oxygen atoms in total.